The number of alkyl halides is 3. The zero-order valence-corrected chi connectivity index (χ0v) is 9.28. The Bertz CT molecular complexity index is 608. The first-order valence-corrected chi connectivity index (χ1v) is 4.98. The predicted molar refractivity (Wildman–Crippen MR) is 58.1 cm³/mol. The van der Waals surface area contributed by atoms with Crippen molar-refractivity contribution in [2.24, 2.45) is 0 Å². The maximum absolute atomic E-state index is 12.8. The minimum Gasteiger partial charge on any atom is -0.464 e. The number of methoxy groups -OCH3 is 1. The van der Waals surface area contributed by atoms with Crippen molar-refractivity contribution in [2.75, 3.05) is 7.11 Å². The Balaban J connectivity index is 2.78. The van der Waals surface area contributed by atoms with Gasteiger partial charge < -0.3 is 4.74 Å². The van der Waals surface area contributed by atoms with E-state index in [9.17, 15) is 18.0 Å². The molecule has 0 radical (unpaired) electrons. The molecule has 0 aliphatic heterocycles. The van der Waals surface area contributed by atoms with Gasteiger partial charge in [0.05, 0.1) is 12.7 Å². The zero-order valence-electron chi connectivity index (χ0n) is 9.28. The van der Waals surface area contributed by atoms with Crippen LogP contribution in [0.3, 0.4) is 0 Å². The van der Waals surface area contributed by atoms with E-state index < -0.39 is 17.7 Å². The fraction of sp³-hybridized carbons (Fsp3) is 0.167. The summed E-state index contributed by atoms with van der Waals surface area (Å²) in [5, 5.41) is 0.0552. The van der Waals surface area contributed by atoms with E-state index in [1.165, 1.54) is 18.2 Å². The molecule has 0 aliphatic rings. The van der Waals surface area contributed by atoms with Gasteiger partial charge in [0, 0.05) is 11.6 Å². The lowest BCUT2D eigenvalue weighted by Crippen LogP contribution is -2.09. The van der Waals surface area contributed by atoms with Crippen LogP contribution in [0.2, 0.25) is 0 Å². The molecule has 0 fully saturated rings. The third kappa shape index (κ3) is 2.01. The molecule has 0 aliphatic carbocycles. The number of ether oxygens (including phenoxy) is 1. The van der Waals surface area contributed by atoms with Gasteiger partial charge in [-0.05, 0) is 17.5 Å². The molecule has 0 saturated carbocycles. The van der Waals surface area contributed by atoms with Crippen molar-refractivity contribution in [3.63, 3.8) is 0 Å². The second-order valence-corrected chi connectivity index (χ2v) is 3.55. The van der Waals surface area contributed by atoms with Crippen molar-refractivity contribution in [2.45, 2.75) is 6.18 Å². The van der Waals surface area contributed by atoms with Gasteiger partial charge in [0.1, 0.15) is 0 Å². The first kappa shape index (κ1) is 12.3. The summed E-state index contributed by atoms with van der Waals surface area (Å²) in [6, 6.07) is 4.83. The smallest absolute Gasteiger partial charge is 0.417 e. The second-order valence-electron chi connectivity index (χ2n) is 3.55. The van der Waals surface area contributed by atoms with Crippen molar-refractivity contribution in [1.29, 1.82) is 0 Å². The number of benzene rings is 1. The Morgan fingerprint density at radius 2 is 1.94 bits per heavy atom. The number of pyridine rings is 1. The quantitative estimate of drug-likeness (QED) is 0.735. The van der Waals surface area contributed by atoms with Gasteiger partial charge in [0.15, 0.2) is 5.69 Å². The fourth-order valence-corrected chi connectivity index (χ4v) is 1.71. The average molecular weight is 255 g/mol. The van der Waals surface area contributed by atoms with Crippen LogP contribution in [0.1, 0.15) is 16.1 Å². The van der Waals surface area contributed by atoms with Crippen molar-refractivity contribution in [3.8, 4) is 0 Å². The fourth-order valence-electron chi connectivity index (χ4n) is 1.71. The van der Waals surface area contributed by atoms with Crippen LogP contribution in [0.15, 0.2) is 30.5 Å². The molecular formula is C12H8F3NO2. The SMILES string of the molecule is COC(=O)c1nccc2c(C(F)(F)F)cccc12. The Morgan fingerprint density at radius 3 is 2.56 bits per heavy atom. The molecule has 0 unspecified atom stereocenters. The van der Waals surface area contributed by atoms with Crippen LogP contribution in [0.25, 0.3) is 10.8 Å². The summed E-state index contributed by atoms with van der Waals surface area (Å²) in [7, 11) is 1.15. The van der Waals surface area contributed by atoms with E-state index in [1.807, 2.05) is 0 Å². The predicted octanol–water partition coefficient (Wildman–Crippen LogP) is 3.04. The number of rotatable bonds is 1. The van der Waals surface area contributed by atoms with Crippen molar-refractivity contribution < 1.29 is 22.7 Å². The van der Waals surface area contributed by atoms with Crippen LogP contribution < -0.4 is 0 Å². The lowest BCUT2D eigenvalue weighted by molar-refractivity contribution is -0.136. The molecular weight excluding hydrogens is 247 g/mol. The number of nitrogens with zero attached hydrogens (tertiary/aromatic N) is 1. The molecule has 2 aromatic rings. The van der Waals surface area contributed by atoms with E-state index in [0.717, 1.165) is 19.4 Å². The van der Waals surface area contributed by atoms with E-state index in [0.29, 0.717) is 0 Å². The summed E-state index contributed by atoms with van der Waals surface area (Å²) in [4.78, 5) is 15.2. The van der Waals surface area contributed by atoms with Gasteiger partial charge in [-0.3, -0.25) is 0 Å². The van der Waals surface area contributed by atoms with Crippen LogP contribution in [0.5, 0.6) is 0 Å². The third-order valence-corrected chi connectivity index (χ3v) is 2.49. The third-order valence-electron chi connectivity index (χ3n) is 2.49. The van der Waals surface area contributed by atoms with Crippen LogP contribution >= 0.6 is 0 Å². The molecule has 0 saturated heterocycles. The summed E-state index contributed by atoms with van der Waals surface area (Å²) in [5.74, 6) is -0.764. The number of fused-ring (bicyclic) bond motifs is 1. The van der Waals surface area contributed by atoms with Crippen LogP contribution in [-0.2, 0) is 10.9 Å². The zero-order chi connectivity index (χ0) is 13.3. The molecule has 1 aromatic heterocycles. The molecule has 0 amide bonds. The van der Waals surface area contributed by atoms with Gasteiger partial charge >= 0.3 is 12.1 Å². The molecule has 0 atom stereocenters. The monoisotopic (exact) mass is 255 g/mol. The van der Waals surface area contributed by atoms with Gasteiger partial charge in [0.25, 0.3) is 0 Å². The Morgan fingerprint density at radius 1 is 1.22 bits per heavy atom. The second kappa shape index (κ2) is 4.29. The Hall–Kier alpha value is -2.11. The molecule has 0 N–H and O–H groups in total. The highest BCUT2D eigenvalue weighted by Gasteiger charge is 2.32. The average Bonchev–Trinajstić information content (AvgIpc) is 2.35. The minimum absolute atomic E-state index is 0.0691. The molecule has 0 bridgehead atoms. The lowest BCUT2D eigenvalue weighted by Gasteiger charge is -2.11. The van der Waals surface area contributed by atoms with Gasteiger partial charge in [-0.25, -0.2) is 9.78 Å². The van der Waals surface area contributed by atoms with Crippen molar-refractivity contribution in [1.82, 2.24) is 4.98 Å². The highest BCUT2D eigenvalue weighted by atomic mass is 19.4. The number of hydrogen-bond acceptors (Lipinski definition) is 3. The molecule has 1 aromatic carbocycles. The van der Waals surface area contributed by atoms with E-state index >= 15 is 0 Å². The Kier molecular flexibility index (Phi) is 2.94. The van der Waals surface area contributed by atoms with E-state index in [2.05, 4.69) is 9.72 Å². The largest absolute Gasteiger partial charge is 0.464 e. The molecule has 6 heteroatoms. The summed E-state index contributed by atoms with van der Waals surface area (Å²) >= 11 is 0. The highest BCUT2D eigenvalue weighted by Crippen LogP contribution is 2.35. The molecule has 1 heterocycles. The summed E-state index contributed by atoms with van der Waals surface area (Å²) in [5.41, 5.74) is -0.923. The number of carbonyl (C=O) groups excluding carboxylic acids is 1. The van der Waals surface area contributed by atoms with Crippen LogP contribution in [0.4, 0.5) is 13.2 Å². The van der Waals surface area contributed by atoms with Crippen molar-refractivity contribution >= 4 is 16.7 Å². The number of carbonyl (C=O) groups is 1. The van der Waals surface area contributed by atoms with E-state index in [1.54, 1.807) is 0 Å². The first-order valence-electron chi connectivity index (χ1n) is 4.98. The molecule has 0 spiro atoms. The number of halogens is 3. The van der Waals surface area contributed by atoms with Crippen molar-refractivity contribution in [3.05, 3.63) is 41.7 Å². The lowest BCUT2D eigenvalue weighted by atomic mass is 10.0. The normalized spacial score (nSPS) is 11.6. The van der Waals surface area contributed by atoms with Gasteiger partial charge in [0.2, 0.25) is 0 Å². The molecule has 2 rings (SSSR count). The van der Waals surface area contributed by atoms with Crippen LogP contribution in [0, 0.1) is 0 Å². The van der Waals surface area contributed by atoms with Gasteiger partial charge in [-0.1, -0.05) is 12.1 Å². The maximum Gasteiger partial charge on any atom is 0.417 e. The topological polar surface area (TPSA) is 39.2 Å². The standard InChI is InChI=1S/C12H8F3NO2/c1-18-11(17)10-8-3-2-4-9(12(13,14)15)7(8)5-6-16-10/h2-6H,1H3. The minimum atomic E-state index is -4.48. The van der Waals surface area contributed by atoms with E-state index in [4.69, 9.17) is 0 Å². The summed E-state index contributed by atoms with van der Waals surface area (Å²) in [6.45, 7) is 0. The number of hydrogen-bond donors (Lipinski definition) is 0. The first-order chi connectivity index (χ1) is 8.45. The molecule has 94 valence electrons. The maximum atomic E-state index is 12.8. The van der Waals surface area contributed by atoms with Gasteiger partial charge in [-0.15, -0.1) is 0 Å². The molecule has 3 nitrogen and oxygen atoms in total. The van der Waals surface area contributed by atoms with E-state index in [-0.39, 0.29) is 16.5 Å². The Labute approximate surface area is 100 Å². The number of esters is 1. The highest BCUT2D eigenvalue weighted by molar-refractivity contribution is 6.03. The summed E-state index contributed by atoms with van der Waals surface area (Å²) in [6.07, 6.45) is -3.32. The molecule has 18 heavy (non-hydrogen) atoms. The summed E-state index contributed by atoms with van der Waals surface area (Å²) < 4.78 is 42.9. The number of aromatic nitrogens is 1. The van der Waals surface area contributed by atoms with Gasteiger partial charge in [-0.2, -0.15) is 13.2 Å². The van der Waals surface area contributed by atoms with Crippen LogP contribution in [-0.4, -0.2) is 18.1 Å².